The van der Waals surface area contributed by atoms with Gasteiger partial charge in [0, 0.05) is 6.54 Å². The van der Waals surface area contributed by atoms with Crippen LogP contribution in [-0.2, 0) is 0 Å². The molecule has 1 aliphatic rings. The Labute approximate surface area is 48.4 Å². The molecule has 1 rings (SSSR count). The maximum absolute atomic E-state index is 8.70. The van der Waals surface area contributed by atoms with Crippen LogP contribution in [0.15, 0.2) is 12.3 Å². The summed E-state index contributed by atoms with van der Waals surface area (Å²) in [6.07, 6.45) is 3.98. The van der Waals surface area contributed by atoms with E-state index >= 15 is 0 Å². The molecule has 46 valence electrons. The molecule has 1 unspecified atom stereocenters. The molecule has 0 radical (unpaired) electrons. The Hall–Kier alpha value is -0.540. The normalized spacial score (nSPS) is 22.0. The van der Waals surface area contributed by atoms with E-state index in [1.54, 1.807) is 4.90 Å². The monoisotopic (exact) mass is 114 g/mol. The predicted octanol–water partition coefficient (Wildman–Crippen LogP) is -0.560. The Morgan fingerprint density at radius 2 is 2.50 bits per heavy atom. The van der Waals surface area contributed by atoms with Gasteiger partial charge in [-0.05, 0) is 12.6 Å². The van der Waals surface area contributed by atoms with E-state index < -0.39 is 6.35 Å². The minimum Gasteiger partial charge on any atom is -0.361 e. The second kappa shape index (κ2) is 2.15. The Morgan fingerprint density at radius 3 is 2.75 bits per heavy atom. The van der Waals surface area contributed by atoms with Gasteiger partial charge in [0.1, 0.15) is 0 Å². The highest BCUT2D eigenvalue weighted by Crippen LogP contribution is 2.03. The van der Waals surface area contributed by atoms with E-state index in [0.717, 1.165) is 13.0 Å². The lowest BCUT2D eigenvalue weighted by Gasteiger charge is -2.17. The predicted molar refractivity (Wildman–Crippen MR) is 30.7 cm³/mol. The Bertz CT molecular complexity index is 101. The first-order valence-corrected chi connectivity index (χ1v) is 2.67. The van der Waals surface area contributed by atoms with Crippen LogP contribution >= 0.6 is 0 Å². The van der Waals surface area contributed by atoms with E-state index in [0.29, 0.717) is 0 Å². The minimum atomic E-state index is -0.811. The highest BCUT2D eigenvalue weighted by atomic mass is 16.3. The van der Waals surface area contributed by atoms with Crippen molar-refractivity contribution in [2.24, 2.45) is 5.73 Å². The molecule has 0 aromatic rings. The van der Waals surface area contributed by atoms with Crippen molar-refractivity contribution in [2.75, 3.05) is 6.54 Å². The minimum absolute atomic E-state index is 0.811. The lowest BCUT2D eigenvalue weighted by Crippen LogP contribution is -2.36. The molecular weight excluding hydrogens is 104 g/mol. The highest BCUT2D eigenvalue weighted by molar-refractivity contribution is 4.90. The molecule has 3 N–H and O–H groups in total. The molecule has 3 heteroatoms. The summed E-state index contributed by atoms with van der Waals surface area (Å²) in [6.45, 7) is 0.845. The van der Waals surface area contributed by atoms with Gasteiger partial charge in [-0.1, -0.05) is 6.08 Å². The van der Waals surface area contributed by atoms with Crippen LogP contribution in [0.25, 0.3) is 0 Å². The third-order valence-electron chi connectivity index (χ3n) is 1.19. The number of nitrogens with zero attached hydrogens (tertiary/aromatic N) is 1. The summed E-state index contributed by atoms with van der Waals surface area (Å²) < 4.78 is 0. The van der Waals surface area contributed by atoms with E-state index in [1.807, 2.05) is 12.3 Å². The Balaban J connectivity index is 2.36. The Morgan fingerprint density at radius 1 is 1.75 bits per heavy atom. The lowest BCUT2D eigenvalue weighted by atomic mass is 10.5. The van der Waals surface area contributed by atoms with Crippen LogP contribution in [0.2, 0.25) is 0 Å². The maximum Gasteiger partial charge on any atom is 0.180 e. The second-order valence-electron chi connectivity index (χ2n) is 1.82. The second-order valence-corrected chi connectivity index (χ2v) is 1.82. The number of nitrogens with two attached hydrogens (primary N) is 1. The molecule has 0 aliphatic carbocycles. The summed E-state index contributed by atoms with van der Waals surface area (Å²) in [5.74, 6) is 0. The number of aliphatic hydroxyl groups is 1. The van der Waals surface area contributed by atoms with Crippen LogP contribution in [-0.4, -0.2) is 22.9 Å². The van der Waals surface area contributed by atoms with Gasteiger partial charge in [-0.3, -0.25) is 5.73 Å². The number of hydrogen-bond donors (Lipinski definition) is 2. The third kappa shape index (κ3) is 0.993. The van der Waals surface area contributed by atoms with Crippen molar-refractivity contribution in [3.8, 4) is 0 Å². The van der Waals surface area contributed by atoms with E-state index in [1.165, 1.54) is 0 Å². The summed E-state index contributed by atoms with van der Waals surface area (Å²) in [5, 5.41) is 8.70. The summed E-state index contributed by atoms with van der Waals surface area (Å²) in [6, 6.07) is 0. The average Bonchev–Trinajstić information content (AvgIpc) is 2.12. The van der Waals surface area contributed by atoms with Crippen molar-refractivity contribution in [1.82, 2.24) is 4.90 Å². The first-order valence-electron chi connectivity index (χ1n) is 2.67. The van der Waals surface area contributed by atoms with E-state index in [-0.39, 0.29) is 0 Å². The van der Waals surface area contributed by atoms with Gasteiger partial charge in [0.05, 0.1) is 0 Å². The van der Waals surface area contributed by atoms with Gasteiger partial charge in [-0.15, -0.1) is 0 Å². The summed E-state index contributed by atoms with van der Waals surface area (Å²) >= 11 is 0. The first kappa shape index (κ1) is 5.59. The zero-order valence-corrected chi connectivity index (χ0v) is 4.62. The summed E-state index contributed by atoms with van der Waals surface area (Å²) in [5.41, 5.74) is 5.13. The van der Waals surface area contributed by atoms with Crippen molar-refractivity contribution in [1.29, 1.82) is 0 Å². The molecule has 0 saturated heterocycles. The van der Waals surface area contributed by atoms with Crippen molar-refractivity contribution in [3.63, 3.8) is 0 Å². The standard InChI is InChI=1S/C5H10N2O/c6-5(8)7-3-1-2-4-7/h1,3,5,8H,2,4,6H2. The molecule has 1 aliphatic heterocycles. The number of aliphatic hydroxyl groups excluding tert-OH is 1. The zero-order valence-electron chi connectivity index (χ0n) is 4.62. The van der Waals surface area contributed by atoms with Crippen molar-refractivity contribution < 1.29 is 5.11 Å². The van der Waals surface area contributed by atoms with Gasteiger partial charge in [0.2, 0.25) is 0 Å². The van der Waals surface area contributed by atoms with E-state index in [2.05, 4.69) is 0 Å². The topological polar surface area (TPSA) is 49.5 Å². The van der Waals surface area contributed by atoms with Crippen LogP contribution < -0.4 is 5.73 Å². The largest absolute Gasteiger partial charge is 0.361 e. The summed E-state index contributed by atoms with van der Waals surface area (Å²) in [4.78, 5) is 1.68. The van der Waals surface area contributed by atoms with E-state index in [4.69, 9.17) is 10.8 Å². The number of rotatable bonds is 1. The SMILES string of the molecule is NC(O)N1C=CCC1. The quantitative estimate of drug-likeness (QED) is 0.449. The van der Waals surface area contributed by atoms with Gasteiger partial charge in [0.25, 0.3) is 0 Å². The van der Waals surface area contributed by atoms with Crippen LogP contribution in [0.1, 0.15) is 6.42 Å². The van der Waals surface area contributed by atoms with Crippen LogP contribution in [0.3, 0.4) is 0 Å². The summed E-state index contributed by atoms with van der Waals surface area (Å²) in [7, 11) is 0. The van der Waals surface area contributed by atoms with Gasteiger partial charge in [-0.2, -0.15) is 0 Å². The highest BCUT2D eigenvalue weighted by Gasteiger charge is 2.07. The smallest absolute Gasteiger partial charge is 0.180 e. The van der Waals surface area contributed by atoms with Crippen molar-refractivity contribution in [3.05, 3.63) is 12.3 Å². The number of hydrogen-bond acceptors (Lipinski definition) is 3. The van der Waals surface area contributed by atoms with Crippen molar-refractivity contribution >= 4 is 0 Å². The molecule has 0 fully saturated rings. The molecule has 0 saturated carbocycles. The molecular formula is C5H10N2O. The molecule has 0 aromatic heterocycles. The van der Waals surface area contributed by atoms with Crippen molar-refractivity contribution in [2.45, 2.75) is 12.8 Å². The van der Waals surface area contributed by atoms with Gasteiger partial charge in [0.15, 0.2) is 6.35 Å². The molecule has 0 spiro atoms. The fraction of sp³-hybridized carbons (Fsp3) is 0.600. The molecule has 0 aromatic carbocycles. The fourth-order valence-electron chi connectivity index (χ4n) is 0.729. The fourth-order valence-corrected chi connectivity index (χ4v) is 0.729. The molecule has 8 heavy (non-hydrogen) atoms. The van der Waals surface area contributed by atoms with Crippen LogP contribution in [0.4, 0.5) is 0 Å². The Kier molecular flexibility index (Phi) is 1.50. The van der Waals surface area contributed by atoms with E-state index in [9.17, 15) is 0 Å². The third-order valence-corrected chi connectivity index (χ3v) is 1.19. The maximum atomic E-state index is 8.70. The molecule has 0 amide bonds. The molecule has 1 heterocycles. The molecule has 0 bridgehead atoms. The van der Waals surface area contributed by atoms with Crippen LogP contribution in [0.5, 0.6) is 0 Å². The van der Waals surface area contributed by atoms with Gasteiger partial charge in [-0.25, -0.2) is 0 Å². The van der Waals surface area contributed by atoms with Gasteiger partial charge >= 0.3 is 0 Å². The lowest BCUT2D eigenvalue weighted by molar-refractivity contribution is 0.0503. The average molecular weight is 114 g/mol. The zero-order chi connectivity index (χ0) is 5.98. The van der Waals surface area contributed by atoms with Crippen LogP contribution in [0, 0.1) is 0 Å². The first-order chi connectivity index (χ1) is 3.80. The van der Waals surface area contributed by atoms with Gasteiger partial charge < -0.3 is 10.0 Å². The molecule has 1 atom stereocenters. The molecule has 3 nitrogen and oxygen atoms in total.